The van der Waals surface area contributed by atoms with E-state index in [1.807, 2.05) is 17.5 Å². The highest BCUT2D eigenvalue weighted by Crippen LogP contribution is 2.22. The summed E-state index contributed by atoms with van der Waals surface area (Å²) in [6.07, 6.45) is 3.41. The fourth-order valence-corrected chi connectivity index (χ4v) is 2.87. The van der Waals surface area contributed by atoms with Crippen molar-refractivity contribution >= 4 is 23.2 Å². The molecule has 0 aromatic carbocycles. The van der Waals surface area contributed by atoms with Gasteiger partial charge in [-0.05, 0) is 11.4 Å². The average molecular weight is 290 g/mol. The molecule has 1 saturated heterocycles. The largest absolute Gasteiger partial charge is 0.336 e. The van der Waals surface area contributed by atoms with E-state index >= 15 is 0 Å². The Morgan fingerprint density at radius 3 is 2.50 bits per heavy atom. The van der Waals surface area contributed by atoms with Crippen LogP contribution in [0.25, 0.3) is 0 Å². The molecule has 0 saturated carbocycles. The molecule has 2 rings (SSSR count). The smallest absolute Gasteiger partial charge is 0.263 e. The van der Waals surface area contributed by atoms with Crippen molar-refractivity contribution in [1.29, 1.82) is 0 Å². The molecule has 0 bridgehead atoms. The van der Waals surface area contributed by atoms with Crippen LogP contribution < -0.4 is 0 Å². The first kappa shape index (κ1) is 14.5. The first-order valence-corrected chi connectivity index (χ1v) is 7.38. The summed E-state index contributed by atoms with van der Waals surface area (Å²) < 4.78 is 0. The second-order valence-corrected chi connectivity index (χ2v) is 5.65. The maximum absolute atomic E-state index is 12.3. The van der Waals surface area contributed by atoms with E-state index in [4.69, 9.17) is 0 Å². The van der Waals surface area contributed by atoms with Crippen LogP contribution in [0.3, 0.4) is 0 Å². The van der Waals surface area contributed by atoms with Gasteiger partial charge in [0.2, 0.25) is 5.91 Å². The van der Waals surface area contributed by atoms with Gasteiger partial charge >= 0.3 is 0 Å². The van der Waals surface area contributed by atoms with Crippen LogP contribution >= 0.6 is 11.3 Å². The highest BCUT2D eigenvalue weighted by molar-refractivity contribution is 7.12. The summed E-state index contributed by atoms with van der Waals surface area (Å²) in [7, 11) is 0. The summed E-state index contributed by atoms with van der Waals surface area (Å²) in [6.45, 7) is 9.34. The van der Waals surface area contributed by atoms with Crippen LogP contribution in [0.1, 0.15) is 9.67 Å². The molecule has 1 fully saturated rings. The summed E-state index contributed by atoms with van der Waals surface area (Å²) in [5, 5.41) is 1.88. The number of thiophene rings is 1. The predicted molar refractivity (Wildman–Crippen MR) is 80.7 cm³/mol. The molecule has 1 aliphatic rings. The van der Waals surface area contributed by atoms with Gasteiger partial charge in [-0.3, -0.25) is 9.59 Å². The topological polar surface area (TPSA) is 40.6 Å². The molecule has 0 atom stereocenters. The van der Waals surface area contributed by atoms with Crippen molar-refractivity contribution in [2.45, 2.75) is 0 Å². The Morgan fingerprint density at radius 1 is 1.35 bits per heavy atom. The molecule has 4 nitrogen and oxygen atoms in total. The zero-order valence-corrected chi connectivity index (χ0v) is 12.1. The van der Waals surface area contributed by atoms with E-state index in [-0.39, 0.29) is 17.7 Å². The van der Waals surface area contributed by atoms with Gasteiger partial charge in [-0.1, -0.05) is 18.2 Å². The lowest BCUT2D eigenvalue weighted by Crippen LogP contribution is -2.56. The first-order valence-electron chi connectivity index (χ1n) is 6.50. The number of carbonyl (C=O) groups is 2. The van der Waals surface area contributed by atoms with Crippen LogP contribution in [0.15, 0.2) is 42.8 Å². The summed E-state index contributed by atoms with van der Waals surface area (Å²) in [4.78, 5) is 28.5. The average Bonchev–Trinajstić information content (AvgIpc) is 2.90. The van der Waals surface area contributed by atoms with Crippen molar-refractivity contribution in [3.8, 4) is 0 Å². The Labute approximate surface area is 123 Å². The number of hydrogen-bond donors (Lipinski definition) is 0. The van der Waals surface area contributed by atoms with Gasteiger partial charge in [-0.2, -0.15) is 0 Å². The van der Waals surface area contributed by atoms with Crippen LogP contribution in [0.2, 0.25) is 0 Å². The number of likely N-dealkylation sites (tertiary alicyclic amines) is 1. The van der Waals surface area contributed by atoms with Crippen molar-refractivity contribution in [3.05, 3.63) is 47.7 Å². The molecule has 0 N–H and O–H groups in total. The molecular weight excluding hydrogens is 272 g/mol. The fraction of sp³-hybridized carbons (Fsp3) is 0.333. The minimum atomic E-state index is -0.0983. The van der Waals surface area contributed by atoms with Crippen LogP contribution in [0.5, 0.6) is 0 Å². The highest BCUT2D eigenvalue weighted by Gasteiger charge is 2.37. The predicted octanol–water partition coefficient (Wildman–Crippen LogP) is 2.02. The van der Waals surface area contributed by atoms with Gasteiger partial charge in [-0.25, -0.2) is 0 Å². The van der Waals surface area contributed by atoms with E-state index in [9.17, 15) is 9.59 Å². The zero-order valence-electron chi connectivity index (χ0n) is 11.3. The second kappa shape index (κ2) is 6.52. The normalized spacial score (nSPS) is 14.5. The first-order chi connectivity index (χ1) is 9.67. The number of hydrogen-bond acceptors (Lipinski definition) is 3. The fourth-order valence-electron chi connectivity index (χ4n) is 2.18. The van der Waals surface area contributed by atoms with Gasteiger partial charge in [0.15, 0.2) is 0 Å². The van der Waals surface area contributed by atoms with E-state index in [2.05, 4.69) is 13.2 Å². The minimum absolute atomic E-state index is 0.0167. The number of rotatable bonds is 6. The van der Waals surface area contributed by atoms with Crippen LogP contribution in [0.4, 0.5) is 0 Å². The lowest BCUT2D eigenvalue weighted by molar-refractivity contribution is -0.138. The van der Waals surface area contributed by atoms with Gasteiger partial charge in [0.05, 0.1) is 10.8 Å². The minimum Gasteiger partial charge on any atom is -0.336 e. The quantitative estimate of drug-likeness (QED) is 0.752. The van der Waals surface area contributed by atoms with E-state index in [1.165, 1.54) is 11.3 Å². The van der Waals surface area contributed by atoms with E-state index in [1.54, 1.807) is 22.0 Å². The van der Waals surface area contributed by atoms with E-state index < -0.39 is 0 Å². The van der Waals surface area contributed by atoms with Gasteiger partial charge in [0.1, 0.15) is 0 Å². The molecule has 1 aromatic rings. The summed E-state index contributed by atoms with van der Waals surface area (Å²) in [5.41, 5.74) is 0. The summed E-state index contributed by atoms with van der Waals surface area (Å²) >= 11 is 1.43. The Hall–Kier alpha value is -1.88. The van der Waals surface area contributed by atoms with Crippen molar-refractivity contribution in [2.24, 2.45) is 5.92 Å². The molecule has 0 radical (unpaired) electrons. The molecule has 2 amide bonds. The lowest BCUT2D eigenvalue weighted by atomic mass is 9.98. The lowest BCUT2D eigenvalue weighted by Gasteiger charge is -2.40. The SMILES string of the molecule is C=CCN(CC=C)C(=O)C1CN(C(=O)c2cccs2)C1. The molecule has 106 valence electrons. The standard InChI is InChI=1S/C15H18N2O2S/c1-3-7-16(8-4-2)14(18)12-10-17(11-12)15(19)13-6-5-9-20-13/h3-6,9,12H,1-2,7-8,10-11H2. The van der Waals surface area contributed by atoms with Crippen LogP contribution in [-0.2, 0) is 4.79 Å². The zero-order chi connectivity index (χ0) is 14.5. The Morgan fingerprint density at radius 2 is 2.00 bits per heavy atom. The molecular formula is C15H18N2O2S. The van der Waals surface area contributed by atoms with Gasteiger partial charge in [0.25, 0.3) is 5.91 Å². The molecule has 0 unspecified atom stereocenters. The maximum Gasteiger partial charge on any atom is 0.263 e. The van der Waals surface area contributed by atoms with Crippen molar-refractivity contribution in [2.75, 3.05) is 26.2 Å². The summed E-state index contributed by atoms with van der Waals surface area (Å²) in [6, 6.07) is 3.67. The van der Waals surface area contributed by atoms with Crippen molar-refractivity contribution in [1.82, 2.24) is 9.80 Å². The Bertz CT molecular complexity index is 494. The molecule has 0 spiro atoms. The molecule has 1 aromatic heterocycles. The van der Waals surface area contributed by atoms with E-state index in [0.29, 0.717) is 26.2 Å². The van der Waals surface area contributed by atoms with Gasteiger partial charge in [-0.15, -0.1) is 24.5 Å². The summed E-state index contributed by atoms with van der Waals surface area (Å²) in [5.74, 6) is -0.0121. The van der Waals surface area contributed by atoms with E-state index in [0.717, 1.165) is 4.88 Å². The number of amides is 2. The maximum atomic E-state index is 12.3. The third-order valence-electron chi connectivity index (χ3n) is 3.26. The van der Waals surface area contributed by atoms with Gasteiger partial charge < -0.3 is 9.80 Å². The number of nitrogens with zero attached hydrogens (tertiary/aromatic N) is 2. The van der Waals surface area contributed by atoms with Crippen LogP contribution in [0, 0.1) is 5.92 Å². The Kier molecular flexibility index (Phi) is 4.74. The Balaban J connectivity index is 1.88. The van der Waals surface area contributed by atoms with Gasteiger partial charge in [0, 0.05) is 26.2 Å². The molecule has 5 heteroatoms. The van der Waals surface area contributed by atoms with Crippen molar-refractivity contribution in [3.63, 3.8) is 0 Å². The molecule has 20 heavy (non-hydrogen) atoms. The number of carbonyl (C=O) groups excluding carboxylic acids is 2. The molecule has 1 aliphatic heterocycles. The van der Waals surface area contributed by atoms with Crippen LogP contribution in [-0.4, -0.2) is 47.8 Å². The molecule has 2 heterocycles. The highest BCUT2D eigenvalue weighted by atomic mass is 32.1. The second-order valence-electron chi connectivity index (χ2n) is 4.70. The third kappa shape index (κ3) is 2.99. The van der Waals surface area contributed by atoms with Crippen molar-refractivity contribution < 1.29 is 9.59 Å². The molecule has 0 aliphatic carbocycles. The third-order valence-corrected chi connectivity index (χ3v) is 4.12. The monoisotopic (exact) mass is 290 g/mol.